The quantitative estimate of drug-likeness (QED) is 0.712. The minimum absolute atomic E-state index is 0.0658. The first-order valence-electron chi connectivity index (χ1n) is 9.11. The van der Waals surface area contributed by atoms with Gasteiger partial charge in [-0.1, -0.05) is 6.07 Å². The van der Waals surface area contributed by atoms with Crippen molar-refractivity contribution >= 4 is 17.2 Å². The summed E-state index contributed by atoms with van der Waals surface area (Å²) in [6, 6.07) is 10.9. The molecule has 7 heteroatoms. The number of fused-ring (bicyclic) bond motifs is 1. The van der Waals surface area contributed by atoms with E-state index in [1.165, 1.54) is 34.7 Å². The first-order chi connectivity index (χ1) is 13.3. The number of aryl methyl sites for hydroxylation is 1. The number of benzene rings is 1. The van der Waals surface area contributed by atoms with Gasteiger partial charge in [0.1, 0.15) is 11.5 Å². The summed E-state index contributed by atoms with van der Waals surface area (Å²) < 4.78 is 14.5. The van der Waals surface area contributed by atoms with Crippen LogP contribution in [0.1, 0.15) is 25.1 Å². The molecule has 0 aliphatic carbocycles. The van der Waals surface area contributed by atoms with Crippen molar-refractivity contribution < 1.29 is 9.18 Å². The van der Waals surface area contributed by atoms with E-state index in [2.05, 4.69) is 10.3 Å². The second-order valence-electron chi connectivity index (χ2n) is 7.02. The van der Waals surface area contributed by atoms with Crippen LogP contribution in [-0.2, 0) is 11.3 Å². The highest BCUT2D eigenvalue weighted by molar-refractivity contribution is 5.92. The van der Waals surface area contributed by atoms with Gasteiger partial charge in [-0.3, -0.25) is 18.9 Å². The molecule has 2 aromatic heterocycles. The third kappa shape index (κ3) is 4.61. The van der Waals surface area contributed by atoms with Crippen LogP contribution in [0.5, 0.6) is 0 Å². The molecule has 0 fully saturated rings. The van der Waals surface area contributed by atoms with Crippen LogP contribution in [0.4, 0.5) is 10.1 Å². The molecular formula is C21H23FN4O2. The van der Waals surface area contributed by atoms with Gasteiger partial charge < -0.3 is 5.32 Å². The Morgan fingerprint density at radius 1 is 1.25 bits per heavy atom. The van der Waals surface area contributed by atoms with E-state index in [4.69, 9.17) is 0 Å². The molecule has 28 heavy (non-hydrogen) atoms. The van der Waals surface area contributed by atoms with Gasteiger partial charge in [0.15, 0.2) is 0 Å². The number of aromatic nitrogens is 2. The van der Waals surface area contributed by atoms with Gasteiger partial charge >= 0.3 is 0 Å². The Bertz CT molecular complexity index is 1040. The zero-order valence-electron chi connectivity index (χ0n) is 16.1. The van der Waals surface area contributed by atoms with Gasteiger partial charge in [0.2, 0.25) is 5.91 Å². The zero-order valence-corrected chi connectivity index (χ0v) is 16.1. The monoisotopic (exact) mass is 382 g/mol. The lowest BCUT2D eigenvalue weighted by atomic mass is 10.2. The van der Waals surface area contributed by atoms with Crippen molar-refractivity contribution in [1.29, 1.82) is 0 Å². The molecule has 0 aliphatic rings. The number of pyridine rings is 1. The van der Waals surface area contributed by atoms with E-state index in [1.807, 2.05) is 37.8 Å². The van der Waals surface area contributed by atoms with E-state index in [1.54, 1.807) is 6.20 Å². The minimum Gasteiger partial charge on any atom is -0.325 e. The van der Waals surface area contributed by atoms with Crippen LogP contribution in [0.3, 0.4) is 0 Å². The molecule has 1 amide bonds. The topological polar surface area (TPSA) is 66.7 Å². The third-order valence-corrected chi connectivity index (χ3v) is 4.51. The lowest BCUT2D eigenvalue weighted by molar-refractivity contribution is -0.117. The SMILES string of the molecule is Cc1cccn2c(=O)cc(CN(CC(=O)Nc3ccc(F)cc3)C(C)C)nc12. The molecule has 0 spiro atoms. The molecule has 0 atom stereocenters. The number of rotatable bonds is 6. The highest BCUT2D eigenvalue weighted by Gasteiger charge is 2.16. The van der Waals surface area contributed by atoms with E-state index < -0.39 is 0 Å². The maximum absolute atomic E-state index is 13.0. The van der Waals surface area contributed by atoms with E-state index in [0.717, 1.165) is 5.56 Å². The normalized spacial score (nSPS) is 11.4. The Morgan fingerprint density at radius 3 is 2.64 bits per heavy atom. The van der Waals surface area contributed by atoms with Crippen LogP contribution in [0.25, 0.3) is 5.65 Å². The fraction of sp³-hybridized carbons (Fsp3) is 0.286. The first-order valence-corrected chi connectivity index (χ1v) is 9.11. The number of hydrogen-bond acceptors (Lipinski definition) is 4. The number of hydrogen-bond donors (Lipinski definition) is 1. The van der Waals surface area contributed by atoms with Crippen molar-refractivity contribution in [2.24, 2.45) is 0 Å². The molecule has 0 radical (unpaired) electrons. The number of nitrogens with one attached hydrogen (secondary N) is 1. The molecule has 0 aliphatic heterocycles. The summed E-state index contributed by atoms with van der Waals surface area (Å²) in [6.45, 7) is 6.36. The molecule has 0 unspecified atom stereocenters. The molecule has 0 bridgehead atoms. The van der Waals surface area contributed by atoms with Crippen LogP contribution < -0.4 is 10.9 Å². The van der Waals surface area contributed by atoms with Gasteiger partial charge in [-0.2, -0.15) is 0 Å². The lowest BCUT2D eigenvalue weighted by Crippen LogP contribution is -2.38. The van der Waals surface area contributed by atoms with Crippen LogP contribution >= 0.6 is 0 Å². The smallest absolute Gasteiger partial charge is 0.258 e. The average Bonchev–Trinajstić information content (AvgIpc) is 2.64. The predicted molar refractivity (Wildman–Crippen MR) is 107 cm³/mol. The van der Waals surface area contributed by atoms with Crippen LogP contribution in [0, 0.1) is 12.7 Å². The summed E-state index contributed by atoms with van der Waals surface area (Å²) in [4.78, 5) is 31.3. The lowest BCUT2D eigenvalue weighted by Gasteiger charge is -2.25. The number of anilines is 1. The van der Waals surface area contributed by atoms with Gasteiger partial charge in [-0.15, -0.1) is 0 Å². The van der Waals surface area contributed by atoms with Crippen molar-refractivity contribution in [3.05, 3.63) is 76.1 Å². The number of halogens is 1. The van der Waals surface area contributed by atoms with E-state index >= 15 is 0 Å². The molecule has 1 aromatic carbocycles. The third-order valence-electron chi connectivity index (χ3n) is 4.51. The Morgan fingerprint density at radius 2 is 1.96 bits per heavy atom. The number of nitrogens with zero attached hydrogens (tertiary/aromatic N) is 3. The van der Waals surface area contributed by atoms with Crippen molar-refractivity contribution in [2.75, 3.05) is 11.9 Å². The highest BCUT2D eigenvalue weighted by atomic mass is 19.1. The summed E-state index contributed by atoms with van der Waals surface area (Å²) in [6.07, 6.45) is 1.69. The van der Waals surface area contributed by atoms with Crippen LogP contribution in [0.2, 0.25) is 0 Å². The molecule has 2 heterocycles. The van der Waals surface area contributed by atoms with Crippen molar-refractivity contribution in [1.82, 2.24) is 14.3 Å². The second-order valence-corrected chi connectivity index (χ2v) is 7.02. The van der Waals surface area contributed by atoms with Gasteiger partial charge in [0.05, 0.1) is 12.2 Å². The molecule has 6 nitrogen and oxygen atoms in total. The van der Waals surface area contributed by atoms with Gasteiger partial charge in [-0.05, 0) is 56.7 Å². The van der Waals surface area contributed by atoms with Crippen molar-refractivity contribution in [3.63, 3.8) is 0 Å². The maximum atomic E-state index is 13.0. The van der Waals surface area contributed by atoms with Gasteiger partial charge in [0, 0.05) is 30.5 Å². The number of carbonyl (C=O) groups is 1. The van der Waals surface area contributed by atoms with Gasteiger partial charge in [0.25, 0.3) is 5.56 Å². The summed E-state index contributed by atoms with van der Waals surface area (Å²) in [5.41, 5.74) is 2.52. The summed E-state index contributed by atoms with van der Waals surface area (Å²) in [5.74, 6) is -0.570. The molecule has 0 saturated heterocycles. The average molecular weight is 382 g/mol. The van der Waals surface area contributed by atoms with Crippen molar-refractivity contribution in [2.45, 2.75) is 33.4 Å². The largest absolute Gasteiger partial charge is 0.325 e. The Balaban J connectivity index is 1.77. The molecule has 3 rings (SSSR count). The van der Waals surface area contributed by atoms with E-state index in [9.17, 15) is 14.0 Å². The summed E-state index contributed by atoms with van der Waals surface area (Å²) in [7, 11) is 0. The number of amides is 1. The number of carbonyl (C=O) groups excluding carboxylic acids is 1. The van der Waals surface area contributed by atoms with Crippen LogP contribution in [-0.4, -0.2) is 32.8 Å². The summed E-state index contributed by atoms with van der Waals surface area (Å²) >= 11 is 0. The Hall–Kier alpha value is -3.06. The molecule has 3 aromatic rings. The van der Waals surface area contributed by atoms with Crippen molar-refractivity contribution in [3.8, 4) is 0 Å². The highest BCUT2D eigenvalue weighted by Crippen LogP contribution is 2.11. The van der Waals surface area contributed by atoms with E-state index in [-0.39, 0.29) is 29.9 Å². The Labute approximate surface area is 162 Å². The fourth-order valence-electron chi connectivity index (χ4n) is 2.94. The maximum Gasteiger partial charge on any atom is 0.258 e. The summed E-state index contributed by atoms with van der Waals surface area (Å²) in [5, 5.41) is 2.76. The molecule has 146 valence electrons. The second kappa shape index (κ2) is 8.31. The first kappa shape index (κ1) is 19.7. The van der Waals surface area contributed by atoms with Crippen LogP contribution in [0.15, 0.2) is 53.5 Å². The standard InChI is InChI=1S/C21H23FN4O2/c1-14(2)25(13-19(27)23-17-8-6-16(22)7-9-17)12-18-11-20(28)26-10-4-5-15(3)21(26)24-18/h4-11,14H,12-13H2,1-3H3,(H,23,27). The molecule has 1 N–H and O–H groups in total. The molecular weight excluding hydrogens is 359 g/mol. The zero-order chi connectivity index (χ0) is 20.3. The Kier molecular flexibility index (Phi) is 5.84. The van der Waals surface area contributed by atoms with Gasteiger partial charge in [-0.25, -0.2) is 9.37 Å². The molecule has 0 saturated carbocycles. The fourth-order valence-corrected chi connectivity index (χ4v) is 2.94. The van der Waals surface area contributed by atoms with E-state index in [0.29, 0.717) is 23.6 Å². The predicted octanol–water partition coefficient (Wildman–Crippen LogP) is 2.99. The minimum atomic E-state index is -0.356.